The summed E-state index contributed by atoms with van der Waals surface area (Å²) >= 11 is 0. The molecular formula is C23H29NO. The van der Waals surface area contributed by atoms with E-state index in [0.29, 0.717) is 0 Å². The van der Waals surface area contributed by atoms with Gasteiger partial charge in [0.1, 0.15) is 6.29 Å². The van der Waals surface area contributed by atoms with Gasteiger partial charge in [0.05, 0.1) is 0 Å². The summed E-state index contributed by atoms with van der Waals surface area (Å²) in [6.45, 7) is 4.14. The lowest BCUT2D eigenvalue weighted by Gasteiger charge is -2.29. The van der Waals surface area contributed by atoms with Gasteiger partial charge in [0.15, 0.2) is 0 Å². The number of hydrogen-bond donors (Lipinski definition) is 1. The zero-order valence-electron chi connectivity index (χ0n) is 15.3. The number of fused-ring (bicyclic) bond motifs is 2. The summed E-state index contributed by atoms with van der Waals surface area (Å²) in [6.07, 6.45) is 11.6. The van der Waals surface area contributed by atoms with E-state index < -0.39 is 0 Å². The van der Waals surface area contributed by atoms with Crippen LogP contribution in [0.15, 0.2) is 60.7 Å². The monoisotopic (exact) mass is 335 g/mol. The minimum Gasteiger partial charge on any atom is -0.399 e. The zero-order valence-corrected chi connectivity index (χ0v) is 15.3. The van der Waals surface area contributed by atoms with Crippen molar-refractivity contribution in [3.63, 3.8) is 0 Å². The molecule has 25 heavy (non-hydrogen) atoms. The number of carbonyl (C=O) groups excluding carboxylic acids is 1. The van der Waals surface area contributed by atoms with Gasteiger partial charge in [0.2, 0.25) is 0 Å². The van der Waals surface area contributed by atoms with Crippen LogP contribution in [0.2, 0.25) is 0 Å². The van der Waals surface area contributed by atoms with Gasteiger partial charge in [-0.15, -0.1) is 0 Å². The molecule has 0 aromatic heterocycles. The molecule has 2 aromatic carbocycles. The van der Waals surface area contributed by atoms with Crippen molar-refractivity contribution in [3.8, 4) is 0 Å². The number of benzene rings is 2. The third kappa shape index (κ3) is 6.58. The van der Waals surface area contributed by atoms with E-state index in [1.807, 2.05) is 36.4 Å². The third-order valence-electron chi connectivity index (χ3n) is 4.94. The molecule has 0 radical (unpaired) electrons. The van der Waals surface area contributed by atoms with Gasteiger partial charge in [0, 0.05) is 11.3 Å². The maximum absolute atomic E-state index is 10.0. The molecule has 1 fully saturated rings. The van der Waals surface area contributed by atoms with Crippen LogP contribution in [0.25, 0.3) is 0 Å². The van der Waals surface area contributed by atoms with Crippen molar-refractivity contribution in [1.82, 2.24) is 0 Å². The summed E-state index contributed by atoms with van der Waals surface area (Å²) < 4.78 is 0. The van der Waals surface area contributed by atoms with E-state index in [2.05, 4.69) is 26.0 Å². The van der Waals surface area contributed by atoms with Crippen LogP contribution in [0.5, 0.6) is 0 Å². The van der Waals surface area contributed by atoms with Gasteiger partial charge in [0.25, 0.3) is 0 Å². The first-order chi connectivity index (χ1) is 12.1. The fourth-order valence-electron chi connectivity index (χ4n) is 3.14. The van der Waals surface area contributed by atoms with Gasteiger partial charge in [-0.2, -0.15) is 0 Å². The van der Waals surface area contributed by atoms with Gasteiger partial charge < -0.3 is 5.73 Å². The van der Waals surface area contributed by atoms with Crippen molar-refractivity contribution in [3.05, 3.63) is 77.4 Å². The molecule has 2 heteroatoms. The standard InChI is InChI=1S/C8H11N.C8H12.C7H6O/c1-6-3-4-8(9)5-7(6)2;1-2-8-5-3-7(1)4-6-8;8-6-7-4-2-1-3-5-7/h3-5H,9H2,1-2H3;1-2,7-8H,3-6H2;1-6H. The summed E-state index contributed by atoms with van der Waals surface area (Å²) in [4.78, 5) is 10.0. The molecule has 3 aliphatic rings. The molecule has 2 N–H and O–H groups in total. The lowest BCUT2D eigenvalue weighted by atomic mass is 9.76. The molecule has 1 saturated carbocycles. The molecule has 3 aliphatic carbocycles. The molecule has 0 atom stereocenters. The van der Waals surface area contributed by atoms with Crippen LogP contribution in [-0.4, -0.2) is 6.29 Å². The van der Waals surface area contributed by atoms with E-state index in [-0.39, 0.29) is 0 Å². The van der Waals surface area contributed by atoms with E-state index in [1.165, 1.54) is 36.8 Å². The summed E-state index contributed by atoms with van der Waals surface area (Å²) in [5, 5.41) is 0. The van der Waals surface area contributed by atoms with Crippen molar-refractivity contribution in [2.45, 2.75) is 39.5 Å². The number of rotatable bonds is 1. The first-order valence-corrected chi connectivity index (χ1v) is 9.09. The smallest absolute Gasteiger partial charge is 0.150 e. The average molecular weight is 335 g/mol. The molecular weight excluding hydrogens is 306 g/mol. The molecule has 5 rings (SSSR count). The van der Waals surface area contributed by atoms with Crippen LogP contribution in [-0.2, 0) is 0 Å². The number of carbonyl (C=O) groups is 1. The van der Waals surface area contributed by atoms with Crippen molar-refractivity contribution < 1.29 is 4.79 Å². The molecule has 0 amide bonds. The average Bonchev–Trinajstić information content (AvgIpc) is 2.68. The number of anilines is 1. The van der Waals surface area contributed by atoms with Crippen molar-refractivity contribution in [2.75, 3.05) is 5.73 Å². The summed E-state index contributed by atoms with van der Waals surface area (Å²) in [6, 6.07) is 15.0. The number of aryl methyl sites for hydroxylation is 2. The molecule has 0 spiro atoms. The molecule has 132 valence electrons. The first kappa shape index (κ1) is 19.0. The van der Waals surface area contributed by atoms with Crippen molar-refractivity contribution in [2.24, 2.45) is 11.8 Å². The second-order valence-electron chi connectivity index (χ2n) is 6.93. The van der Waals surface area contributed by atoms with E-state index in [1.54, 1.807) is 12.1 Å². The Kier molecular flexibility index (Phi) is 7.46. The van der Waals surface area contributed by atoms with Gasteiger partial charge in [-0.05, 0) is 74.6 Å². The summed E-state index contributed by atoms with van der Waals surface area (Å²) in [5.74, 6) is 1.94. The van der Waals surface area contributed by atoms with Crippen LogP contribution in [0, 0.1) is 25.7 Å². The van der Waals surface area contributed by atoms with Crippen LogP contribution in [0.4, 0.5) is 5.69 Å². The highest BCUT2D eigenvalue weighted by atomic mass is 16.1. The van der Waals surface area contributed by atoms with Crippen LogP contribution in [0.3, 0.4) is 0 Å². The van der Waals surface area contributed by atoms with Crippen LogP contribution < -0.4 is 5.73 Å². The Labute approximate surface area is 151 Å². The second-order valence-corrected chi connectivity index (χ2v) is 6.93. The van der Waals surface area contributed by atoms with Crippen LogP contribution in [0.1, 0.15) is 47.2 Å². The zero-order chi connectivity index (χ0) is 18.1. The Hall–Kier alpha value is -2.35. The van der Waals surface area contributed by atoms with Crippen molar-refractivity contribution in [1.29, 1.82) is 0 Å². The van der Waals surface area contributed by atoms with Gasteiger partial charge in [-0.3, -0.25) is 4.79 Å². The van der Waals surface area contributed by atoms with Crippen LogP contribution >= 0.6 is 0 Å². The fraction of sp³-hybridized carbons (Fsp3) is 0.348. The Bertz CT molecular complexity index is 668. The van der Waals surface area contributed by atoms with Crippen molar-refractivity contribution >= 4 is 12.0 Å². The maximum atomic E-state index is 10.0. The first-order valence-electron chi connectivity index (χ1n) is 9.09. The minimum absolute atomic E-state index is 0.729. The minimum atomic E-state index is 0.729. The largest absolute Gasteiger partial charge is 0.399 e. The fourth-order valence-corrected chi connectivity index (χ4v) is 3.14. The predicted octanol–water partition coefficient (Wildman–Crippen LogP) is 5.75. The lowest BCUT2D eigenvalue weighted by molar-refractivity contribution is 0.112. The van der Waals surface area contributed by atoms with Gasteiger partial charge in [-0.25, -0.2) is 0 Å². The van der Waals surface area contributed by atoms with E-state index in [0.717, 1.165) is 29.4 Å². The Morgan fingerprint density at radius 1 is 0.840 bits per heavy atom. The molecule has 0 heterocycles. The number of nitrogen functional groups attached to an aromatic ring is 1. The van der Waals surface area contributed by atoms with E-state index in [4.69, 9.17) is 5.73 Å². The molecule has 0 unspecified atom stereocenters. The van der Waals surface area contributed by atoms with Gasteiger partial charge >= 0.3 is 0 Å². The third-order valence-corrected chi connectivity index (χ3v) is 4.94. The molecule has 0 aliphatic heterocycles. The van der Waals surface area contributed by atoms with Gasteiger partial charge in [-0.1, -0.05) is 48.6 Å². The normalized spacial score (nSPS) is 19.9. The highest BCUT2D eigenvalue weighted by Crippen LogP contribution is 2.35. The maximum Gasteiger partial charge on any atom is 0.150 e. The molecule has 2 bridgehead atoms. The predicted molar refractivity (Wildman–Crippen MR) is 107 cm³/mol. The number of allylic oxidation sites excluding steroid dienone is 2. The molecule has 0 saturated heterocycles. The molecule has 2 aromatic rings. The van der Waals surface area contributed by atoms with E-state index >= 15 is 0 Å². The second kappa shape index (κ2) is 9.83. The number of aldehydes is 1. The highest BCUT2D eigenvalue weighted by Gasteiger charge is 2.21. The topological polar surface area (TPSA) is 43.1 Å². The lowest BCUT2D eigenvalue weighted by Crippen LogP contribution is -2.16. The highest BCUT2D eigenvalue weighted by molar-refractivity contribution is 5.74. The summed E-state index contributed by atoms with van der Waals surface area (Å²) in [7, 11) is 0. The summed E-state index contributed by atoms with van der Waals surface area (Å²) in [5.41, 5.74) is 9.66. The SMILES string of the molecule is C1=CC2CCC1CC2.Cc1ccc(N)cc1C.O=Cc1ccccc1. The van der Waals surface area contributed by atoms with E-state index in [9.17, 15) is 4.79 Å². The molecule has 2 nitrogen and oxygen atoms in total. The Morgan fingerprint density at radius 3 is 1.72 bits per heavy atom. The quantitative estimate of drug-likeness (QED) is 0.410. The Morgan fingerprint density at radius 2 is 1.40 bits per heavy atom. The number of hydrogen-bond acceptors (Lipinski definition) is 2. The number of nitrogens with two attached hydrogens (primary N) is 1. The Balaban J connectivity index is 0.000000135.